The second-order valence-corrected chi connectivity index (χ2v) is 6.81. The van der Waals surface area contributed by atoms with Crippen LogP contribution < -0.4 is 5.32 Å². The van der Waals surface area contributed by atoms with Crippen LogP contribution >= 0.6 is 0 Å². The number of piperazine rings is 1. The Hall–Kier alpha value is -3.06. The highest BCUT2D eigenvalue weighted by molar-refractivity contribution is 5.93. The van der Waals surface area contributed by atoms with Crippen molar-refractivity contribution in [2.45, 2.75) is 19.9 Å². The van der Waals surface area contributed by atoms with Gasteiger partial charge in [0.25, 0.3) is 5.91 Å². The van der Waals surface area contributed by atoms with Crippen molar-refractivity contribution >= 4 is 5.91 Å². The van der Waals surface area contributed by atoms with E-state index < -0.39 is 0 Å². The number of amides is 1. The van der Waals surface area contributed by atoms with E-state index in [0.717, 1.165) is 23.5 Å². The van der Waals surface area contributed by atoms with E-state index in [9.17, 15) is 4.79 Å². The first kappa shape index (κ1) is 17.4. The van der Waals surface area contributed by atoms with Crippen LogP contribution in [0, 0.1) is 13.8 Å². The Morgan fingerprint density at radius 3 is 2.59 bits per heavy atom. The molecule has 0 bridgehead atoms. The summed E-state index contributed by atoms with van der Waals surface area (Å²) < 4.78 is 1.72. The molecule has 2 aromatic heterocycles. The monoisotopic (exact) mass is 362 g/mol. The molecule has 0 spiro atoms. The van der Waals surface area contributed by atoms with E-state index in [4.69, 9.17) is 0 Å². The van der Waals surface area contributed by atoms with Gasteiger partial charge in [-0.3, -0.25) is 9.78 Å². The van der Waals surface area contributed by atoms with Crippen molar-refractivity contribution in [3.63, 3.8) is 0 Å². The van der Waals surface area contributed by atoms with Crippen molar-refractivity contribution in [3.05, 3.63) is 71.3 Å². The van der Waals surface area contributed by atoms with Gasteiger partial charge < -0.3 is 10.2 Å². The van der Waals surface area contributed by atoms with E-state index in [1.165, 1.54) is 5.56 Å². The Balaban J connectivity index is 1.55. The van der Waals surface area contributed by atoms with Crippen LogP contribution in [0.4, 0.5) is 0 Å². The lowest BCUT2D eigenvalue weighted by molar-refractivity contribution is 0.0696. The molecule has 1 aromatic carbocycles. The molecule has 4 rings (SSSR count). The third kappa shape index (κ3) is 3.46. The fourth-order valence-corrected chi connectivity index (χ4v) is 3.36. The molecule has 1 unspecified atom stereocenters. The van der Waals surface area contributed by atoms with Gasteiger partial charge in [-0.1, -0.05) is 22.9 Å². The van der Waals surface area contributed by atoms with Crippen molar-refractivity contribution in [2.24, 2.45) is 0 Å². The number of aryl methyl sites for hydroxylation is 1. The van der Waals surface area contributed by atoms with Crippen LogP contribution in [0.3, 0.4) is 0 Å². The Kier molecular flexibility index (Phi) is 4.68. The highest BCUT2D eigenvalue weighted by atomic mass is 16.2. The Labute approximate surface area is 158 Å². The van der Waals surface area contributed by atoms with Crippen LogP contribution in [0.2, 0.25) is 0 Å². The minimum Gasteiger partial charge on any atom is -0.334 e. The van der Waals surface area contributed by atoms with Crippen molar-refractivity contribution in [1.82, 2.24) is 30.2 Å². The molecule has 3 heterocycles. The quantitative estimate of drug-likeness (QED) is 0.772. The first-order valence-electron chi connectivity index (χ1n) is 9.05. The maximum Gasteiger partial charge on any atom is 0.276 e. The third-order valence-electron chi connectivity index (χ3n) is 4.95. The predicted octanol–water partition coefficient (Wildman–Crippen LogP) is 2.07. The minimum atomic E-state index is -0.0774. The predicted molar refractivity (Wildman–Crippen MR) is 102 cm³/mol. The van der Waals surface area contributed by atoms with Crippen molar-refractivity contribution < 1.29 is 4.79 Å². The highest BCUT2D eigenvalue weighted by Gasteiger charge is 2.28. The maximum absolute atomic E-state index is 13.1. The standard InChI is InChI=1S/C20H22N6O/c1-14-3-5-17(6-4-14)26-15(2)19(23-24-26)20(27)25-12-11-22-18(13-25)16-7-9-21-10-8-16/h3-10,18,22H,11-13H2,1-2H3. The van der Waals surface area contributed by atoms with Gasteiger partial charge in [0, 0.05) is 32.0 Å². The number of aromatic nitrogens is 4. The smallest absolute Gasteiger partial charge is 0.276 e. The summed E-state index contributed by atoms with van der Waals surface area (Å²) in [6.45, 7) is 5.91. The number of hydrogen-bond donors (Lipinski definition) is 1. The Morgan fingerprint density at radius 2 is 1.85 bits per heavy atom. The minimum absolute atomic E-state index is 0.0774. The van der Waals surface area contributed by atoms with Gasteiger partial charge in [-0.2, -0.15) is 0 Å². The van der Waals surface area contributed by atoms with Gasteiger partial charge in [-0.05, 0) is 43.7 Å². The van der Waals surface area contributed by atoms with Crippen LogP contribution in [0.5, 0.6) is 0 Å². The van der Waals surface area contributed by atoms with E-state index in [1.54, 1.807) is 17.1 Å². The zero-order valence-electron chi connectivity index (χ0n) is 15.5. The van der Waals surface area contributed by atoms with Crippen LogP contribution in [-0.2, 0) is 0 Å². The number of pyridine rings is 1. The van der Waals surface area contributed by atoms with Gasteiger partial charge in [0.05, 0.1) is 17.4 Å². The molecule has 138 valence electrons. The van der Waals surface area contributed by atoms with Crippen LogP contribution in [-0.4, -0.2) is 50.4 Å². The van der Waals surface area contributed by atoms with Gasteiger partial charge in [-0.15, -0.1) is 5.10 Å². The largest absolute Gasteiger partial charge is 0.334 e. The molecule has 1 N–H and O–H groups in total. The summed E-state index contributed by atoms with van der Waals surface area (Å²) in [4.78, 5) is 19.0. The molecule has 0 aliphatic carbocycles. The third-order valence-corrected chi connectivity index (χ3v) is 4.95. The molecule has 7 nitrogen and oxygen atoms in total. The molecular weight excluding hydrogens is 340 g/mol. The summed E-state index contributed by atoms with van der Waals surface area (Å²) in [6, 6.07) is 12.1. The Morgan fingerprint density at radius 1 is 1.11 bits per heavy atom. The van der Waals surface area contributed by atoms with Crippen LogP contribution in [0.15, 0.2) is 48.8 Å². The molecule has 1 saturated heterocycles. The molecule has 1 amide bonds. The number of nitrogens with zero attached hydrogens (tertiary/aromatic N) is 5. The first-order chi connectivity index (χ1) is 13.1. The number of rotatable bonds is 3. The normalized spacial score (nSPS) is 17.1. The van der Waals surface area contributed by atoms with Gasteiger partial charge in [-0.25, -0.2) is 4.68 Å². The zero-order chi connectivity index (χ0) is 18.8. The summed E-state index contributed by atoms with van der Waals surface area (Å²) in [7, 11) is 0. The molecule has 1 fully saturated rings. The zero-order valence-corrected chi connectivity index (χ0v) is 15.5. The topological polar surface area (TPSA) is 75.9 Å². The lowest BCUT2D eigenvalue weighted by atomic mass is 10.1. The number of carbonyl (C=O) groups excluding carboxylic acids is 1. The summed E-state index contributed by atoms with van der Waals surface area (Å²) in [5, 5.41) is 11.8. The SMILES string of the molecule is Cc1ccc(-n2nnc(C(=O)N3CCNC(c4ccncc4)C3)c2C)cc1. The number of hydrogen-bond acceptors (Lipinski definition) is 5. The summed E-state index contributed by atoms with van der Waals surface area (Å²) >= 11 is 0. The van der Waals surface area contributed by atoms with Crippen LogP contribution in [0.25, 0.3) is 5.69 Å². The number of nitrogens with one attached hydrogen (secondary N) is 1. The fourth-order valence-electron chi connectivity index (χ4n) is 3.36. The summed E-state index contributed by atoms with van der Waals surface area (Å²) in [5.74, 6) is -0.0774. The van der Waals surface area contributed by atoms with E-state index in [2.05, 4.69) is 20.6 Å². The molecular formula is C20H22N6O. The van der Waals surface area contributed by atoms with E-state index in [1.807, 2.05) is 55.1 Å². The van der Waals surface area contributed by atoms with Crippen LogP contribution in [0.1, 0.15) is 33.4 Å². The van der Waals surface area contributed by atoms with Gasteiger partial charge in [0.2, 0.25) is 0 Å². The summed E-state index contributed by atoms with van der Waals surface area (Å²) in [5.41, 5.74) is 4.37. The second-order valence-electron chi connectivity index (χ2n) is 6.81. The summed E-state index contributed by atoms with van der Waals surface area (Å²) in [6.07, 6.45) is 3.55. The number of benzene rings is 1. The first-order valence-corrected chi connectivity index (χ1v) is 9.05. The Bertz CT molecular complexity index is 935. The van der Waals surface area contributed by atoms with Crippen molar-refractivity contribution in [3.8, 4) is 5.69 Å². The van der Waals surface area contributed by atoms with Gasteiger partial charge >= 0.3 is 0 Å². The van der Waals surface area contributed by atoms with Gasteiger partial charge in [0.15, 0.2) is 5.69 Å². The fraction of sp³-hybridized carbons (Fsp3) is 0.300. The molecule has 27 heavy (non-hydrogen) atoms. The van der Waals surface area contributed by atoms with E-state index in [0.29, 0.717) is 18.8 Å². The molecule has 1 atom stereocenters. The highest BCUT2D eigenvalue weighted by Crippen LogP contribution is 2.19. The second kappa shape index (κ2) is 7.28. The lowest BCUT2D eigenvalue weighted by Gasteiger charge is -2.33. The van der Waals surface area contributed by atoms with E-state index >= 15 is 0 Å². The van der Waals surface area contributed by atoms with Crippen molar-refractivity contribution in [1.29, 1.82) is 0 Å². The molecule has 1 aliphatic heterocycles. The molecule has 7 heteroatoms. The average molecular weight is 362 g/mol. The molecule has 3 aromatic rings. The number of carbonyl (C=O) groups is 1. The molecule has 0 saturated carbocycles. The lowest BCUT2D eigenvalue weighted by Crippen LogP contribution is -2.48. The van der Waals surface area contributed by atoms with Crippen molar-refractivity contribution in [2.75, 3.05) is 19.6 Å². The average Bonchev–Trinajstić information content (AvgIpc) is 3.10. The molecule has 0 radical (unpaired) electrons. The maximum atomic E-state index is 13.1. The van der Waals surface area contributed by atoms with E-state index in [-0.39, 0.29) is 11.9 Å². The van der Waals surface area contributed by atoms with Gasteiger partial charge in [0.1, 0.15) is 0 Å². The molecule has 1 aliphatic rings.